The van der Waals surface area contributed by atoms with E-state index in [1.54, 1.807) is 4.68 Å². The number of fused-ring (bicyclic) bond motifs is 1. The molecular formula is C14H20N8. The Bertz CT molecular complexity index is 792. The van der Waals surface area contributed by atoms with Crippen LogP contribution < -0.4 is 5.01 Å². The van der Waals surface area contributed by atoms with Crippen LogP contribution in [0.1, 0.15) is 36.8 Å². The van der Waals surface area contributed by atoms with E-state index >= 15 is 0 Å². The zero-order valence-corrected chi connectivity index (χ0v) is 13.8. The first-order chi connectivity index (χ1) is 10.4. The van der Waals surface area contributed by atoms with Gasteiger partial charge in [0.2, 0.25) is 5.82 Å². The molecule has 0 fully saturated rings. The summed E-state index contributed by atoms with van der Waals surface area (Å²) in [6, 6.07) is 0. The molecule has 2 aromatic heterocycles. The molecule has 0 saturated heterocycles. The maximum atomic E-state index is 4.70. The number of hydrogen-bond acceptors (Lipinski definition) is 6. The lowest BCUT2D eigenvalue weighted by atomic mass is 10.2. The zero-order chi connectivity index (χ0) is 16.0. The summed E-state index contributed by atoms with van der Waals surface area (Å²) in [4.78, 5) is 0. The molecule has 0 aliphatic carbocycles. The third kappa shape index (κ3) is 2.02. The molecule has 2 aromatic rings. The average Bonchev–Trinajstić information content (AvgIpc) is 3.08. The van der Waals surface area contributed by atoms with E-state index in [2.05, 4.69) is 34.2 Å². The highest BCUT2D eigenvalue weighted by atomic mass is 15.5. The van der Waals surface area contributed by atoms with Crippen LogP contribution in [0, 0.1) is 20.8 Å². The maximum absolute atomic E-state index is 4.70. The number of aryl methyl sites for hydroxylation is 3. The maximum Gasteiger partial charge on any atom is 0.207 e. The van der Waals surface area contributed by atoms with Gasteiger partial charge >= 0.3 is 0 Å². The minimum Gasteiger partial charge on any atom is -0.250 e. The van der Waals surface area contributed by atoms with Crippen molar-refractivity contribution in [3.8, 4) is 0 Å². The van der Waals surface area contributed by atoms with E-state index in [1.807, 2.05) is 37.5 Å². The summed E-state index contributed by atoms with van der Waals surface area (Å²) in [5, 5.41) is 23.7. The van der Waals surface area contributed by atoms with Crippen LogP contribution in [0.2, 0.25) is 0 Å². The number of rotatable bonds is 3. The van der Waals surface area contributed by atoms with E-state index in [0.717, 1.165) is 40.9 Å². The molecule has 0 saturated carbocycles. The van der Waals surface area contributed by atoms with Gasteiger partial charge in [-0.3, -0.25) is 5.01 Å². The quantitative estimate of drug-likeness (QED) is 0.805. The molecule has 0 unspecified atom stereocenters. The van der Waals surface area contributed by atoms with Gasteiger partial charge in [0.15, 0.2) is 11.5 Å². The molecule has 1 aliphatic rings. The predicted molar refractivity (Wildman–Crippen MR) is 85.6 cm³/mol. The van der Waals surface area contributed by atoms with E-state index in [0.29, 0.717) is 5.82 Å². The molecule has 0 bridgehead atoms. The van der Waals surface area contributed by atoms with Gasteiger partial charge in [0, 0.05) is 19.2 Å². The highest BCUT2D eigenvalue weighted by Gasteiger charge is 2.25. The Kier molecular flexibility index (Phi) is 3.31. The minimum absolute atomic E-state index is 0.679. The molecule has 0 aromatic carbocycles. The molecular weight excluding hydrogens is 280 g/mol. The van der Waals surface area contributed by atoms with Gasteiger partial charge in [-0.25, -0.2) is 4.68 Å². The number of aromatic nitrogens is 5. The summed E-state index contributed by atoms with van der Waals surface area (Å²) >= 11 is 0. The van der Waals surface area contributed by atoms with Gasteiger partial charge in [0.05, 0.1) is 11.4 Å². The first-order valence-corrected chi connectivity index (χ1v) is 7.28. The first-order valence-electron chi connectivity index (χ1n) is 7.28. The van der Waals surface area contributed by atoms with Crippen molar-refractivity contribution in [3.05, 3.63) is 22.9 Å². The van der Waals surface area contributed by atoms with Crippen molar-refractivity contribution in [1.82, 2.24) is 24.7 Å². The van der Waals surface area contributed by atoms with Crippen molar-refractivity contribution in [2.24, 2.45) is 10.2 Å². The molecule has 1 aliphatic heterocycles. The van der Waals surface area contributed by atoms with E-state index in [-0.39, 0.29) is 0 Å². The van der Waals surface area contributed by atoms with Gasteiger partial charge in [-0.2, -0.15) is 20.0 Å². The Morgan fingerprint density at radius 2 is 1.86 bits per heavy atom. The first kappa shape index (κ1) is 14.4. The van der Waals surface area contributed by atoms with Gasteiger partial charge in [0.1, 0.15) is 5.82 Å². The second-order valence-electron chi connectivity index (χ2n) is 5.39. The third-order valence-corrected chi connectivity index (χ3v) is 3.85. The van der Waals surface area contributed by atoms with Crippen molar-refractivity contribution in [2.45, 2.75) is 41.2 Å². The summed E-state index contributed by atoms with van der Waals surface area (Å²) in [6.07, 6.45) is 0. The summed E-state index contributed by atoms with van der Waals surface area (Å²) in [5.41, 5.74) is 3.71. The standard InChI is InChI=1S/C14H20N8/c1-7-21-14(8(2)9(3)17-21)20(6)19-12-10(4)18-22-11(5)15-16-13(12)22/h7H2,1-6H3/b19-12+. The van der Waals surface area contributed by atoms with Crippen molar-refractivity contribution >= 4 is 17.2 Å². The van der Waals surface area contributed by atoms with Crippen LogP contribution in [0.5, 0.6) is 0 Å². The smallest absolute Gasteiger partial charge is 0.207 e. The molecule has 3 rings (SSSR count). The Morgan fingerprint density at radius 1 is 1.14 bits per heavy atom. The normalized spacial score (nSPS) is 15.4. The zero-order valence-electron chi connectivity index (χ0n) is 13.8. The van der Waals surface area contributed by atoms with Crippen LogP contribution in [0.25, 0.3) is 0 Å². The Labute approximate surface area is 129 Å². The minimum atomic E-state index is 0.679. The lowest BCUT2D eigenvalue weighted by Crippen LogP contribution is -2.21. The molecule has 116 valence electrons. The summed E-state index contributed by atoms with van der Waals surface area (Å²) in [7, 11) is 1.92. The second-order valence-corrected chi connectivity index (χ2v) is 5.39. The lowest BCUT2D eigenvalue weighted by molar-refractivity contribution is 0.644. The molecule has 0 spiro atoms. The monoisotopic (exact) mass is 300 g/mol. The number of hydrazone groups is 1. The fourth-order valence-corrected chi connectivity index (χ4v) is 2.59. The number of anilines is 1. The lowest BCUT2D eigenvalue weighted by Gasteiger charge is -2.16. The van der Waals surface area contributed by atoms with Crippen molar-refractivity contribution < 1.29 is 0 Å². The van der Waals surface area contributed by atoms with E-state index < -0.39 is 0 Å². The van der Waals surface area contributed by atoms with E-state index in [4.69, 9.17) is 5.10 Å². The number of nitrogens with zero attached hydrogens (tertiary/aromatic N) is 8. The molecule has 8 heteroatoms. The summed E-state index contributed by atoms with van der Waals surface area (Å²) < 4.78 is 3.67. The van der Waals surface area contributed by atoms with Gasteiger partial charge < -0.3 is 0 Å². The summed E-state index contributed by atoms with van der Waals surface area (Å²) in [5.74, 6) is 2.42. The predicted octanol–water partition coefficient (Wildman–Crippen LogP) is 1.50. The molecule has 0 atom stereocenters. The average molecular weight is 300 g/mol. The largest absolute Gasteiger partial charge is 0.250 e. The SMILES string of the molecule is CCn1nc(C)c(C)c1N(C)/N=C1\C(C)=Nn2c(C)nnc21. The summed E-state index contributed by atoms with van der Waals surface area (Å²) in [6.45, 7) is 10.7. The van der Waals surface area contributed by atoms with Gasteiger partial charge in [-0.05, 0) is 34.6 Å². The Hall–Kier alpha value is -2.51. The van der Waals surface area contributed by atoms with Crippen molar-refractivity contribution in [3.63, 3.8) is 0 Å². The topological polar surface area (TPSA) is 76.5 Å². The highest BCUT2D eigenvalue weighted by Crippen LogP contribution is 2.23. The number of hydrogen-bond donors (Lipinski definition) is 0. The highest BCUT2D eigenvalue weighted by molar-refractivity contribution is 6.48. The second kappa shape index (κ2) is 5.04. The Balaban J connectivity index is 2.05. The molecule has 0 N–H and O–H groups in total. The van der Waals surface area contributed by atoms with Gasteiger partial charge in [0.25, 0.3) is 0 Å². The van der Waals surface area contributed by atoms with Crippen LogP contribution in [-0.2, 0) is 6.54 Å². The van der Waals surface area contributed by atoms with Crippen LogP contribution in [0.4, 0.5) is 5.82 Å². The Morgan fingerprint density at radius 3 is 2.55 bits per heavy atom. The molecule has 22 heavy (non-hydrogen) atoms. The van der Waals surface area contributed by atoms with E-state index in [1.165, 1.54) is 0 Å². The molecule has 0 radical (unpaired) electrons. The molecule has 8 nitrogen and oxygen atoms in total. The van der Waals surface area contributed by atoms with Gasteiger partial charge in [-0.1, -0.05) is 0 Å². The fourth-order valence-electron chi connectivity index (χ4n) is 2.59. The van der Waals surface area contributed by atoms with Gasteiger partial charge in [-0.15, -0.1) is 10.2 Å². The third-order valence-electron chi connectivity index (χ3n) is 3.85. The van der Waals surface area contributed by atoms with E-state index in [9.17, 15) is 0 Å². The van der Waals surface area contributed by atoms with Crippen LogP contribution >= 0.6 is 0 Å². The molecule has 0 amide bonds. The van der Waals surface area contributed by atoms with Crippen molar-refractivity contribution in [1.29, 1.82) is 0 Å². The van der Waals surface area contributed by atoms with Crippen LogP contribution in [0.3, 0.4) is 0 Å². The van der Waals surface area contributed by atoms with Crippen molar-refractivity contribution in [2.75, 3.05) is 12.1 Å². The van der Waals surface area contributed by atoms with Crippen LogP contribution in [-0.4, -0.2) is 43.1 Å². The fraction of sp³-hybridized carbons (Fsp3) is 0.500. The molecule has 3 heterocycles. The van der Waals surface area contributed by atoms with Crippen LogP contribution in [0.15, 0.2) is 10.2 Å².